The van der Waals surface area contributed by atoms with Crippen LogP contribution in [0.4, 0.5) is 0 Å². The summed E-state index contributed by atoms with van der Waals surface area (Å²) in [4.78, 5) is 9.89. The van der Waals surface area contributed by atoms with Crippen LogP contribution in [0.25, 0.3) is 0 Å². The normalized spacial score (nSPS) is 24.4. The van der Waals surface area contributed by atoms with Gasteiger partial charge < -0.3 is 27.8 Å². The highest BCUT2D eigenvalue weighted by Gasteiger charge is 2.30. The first-order chi connectivity index (χ1) is 11.8. The van der Waals surface area contributed by atoms with Crippen molar-refractivity contribution in [3.63, 3.8) is 0 Å². The van der Waals surface area contributed by atoms with Gasteiger partial charge in [-0.3, -0.25) is 0 Å². The quantitative estimate of drug-likeness (QED) is 0.281. The largest absolute Gasteiger partial charge is 0.379 e. The molecule has 0 radical (unpaired) electrons. The summed E-state index contributed by atoms with van der Waals surface area (Å²) < 4.78 is 33.2. The minimum absolute atomic E-state index is 0.518. The SMILES string of the molecule is CCOCCOP1NP(OCCOCC)NP(OCCOCC)N1. The molecule has 0 aromatic heterocycles. The van der Waals surface area contributed by atoms with Gasteiger partial charge in [0.15, 0.2) is 25.3 Å². The second-order valence-corrected chi connectivity index (χ2v) is 9.21. The van der Waals surface area contributed by atoms with Gasteiger partial charge in [0.05, 0.1) is 39.6 Å². The van der Waals surface area contributed by atoms with Crippen LogP contribution in [0, 0.1) is 0 Å². The van der Waals surface area contributed by atoms with E-state index in [0.29, 0.717) is 59.5 Å². The lowest BCUT2D eigenvalue weighted by molar-refractivity contribution is 0.110. The van der Waals surface area contributed by atoms with Crippen molar-refractivity contribution in [3.8, 4) is 0 Å². The van der Waals surface area contributed by atoms with Crippen molar-refractivity contribution < 1.29 is 27.8 Å². The van der Waals surface area contributed by atoms with Gasteiger partial charge in [0.2, 0.25) is 0 Å². The van der Waals surface area contributed by atoms with E-state index >= 15 is 0 Å². The maximum absolute atomic E-state index is 5.79. The summed E-state index contributed by atoms with van der Waals surface area (Å²) in [6.07, 6.45) is 0. The molecular formula is C12H30N3O6P3. The Hall–Kier alpha value is 0.930. The van der Waals surface area contributed by atoms with E-state index in [1.807, 2.05) is 20.8 Å². The average Bonchev–Trinajstić information content (AvgIpc) is 2.59. The Kier molecular flexibility index (Phi) is 15.4. The second-order valence-electron chi connectivity index (χ2n) is 4.27. The Bertz CT molecular complexity index is 250. The highest BCUT2D eigenvalue weighted by Crippen LogP contribution is 2.55. The first kappa shape index (κ1) is 23.0. The van der Waals surface area contributed by atoms with Gasteiger partial charge in [-0.2, -0.15) is 0 Å². The molecule has 12 heteroatoms. The van der Waals surface area contributed by atoms with E-state index in [2.05, 4.69) is 14.6 Å². The third kappa shape index (κ3) is 11.5. The number of ether oxygens (including phenoxy) is 3. The van der Waals surface area contributed by atoms with Crippen LogP contribution >= 0.6 is 25.3 Å². The molecular weight excluding hydrogens is 375 g/mol. The fourth-order valence-corrected chi connectivity index (χ4v) is 7.36. The zero-order chi connectivity index (χ0) is 17.5. The molecule has 0 aromatic rings. The molecule has 0 aliphatic carbocycles. The fraction of sp³-hybridized carbons (Fsp3) is 1.00. The molecule has 0 bridgehead atoms. The Balaban J connectivity index is 2.33. The highest BCUT2D eigenvalue weighted by molar-refractivity contribution is 7.79. The molecule has 0 unspecified atom stereocenters. The lowest BCUT2D eigenvalue weighted by Gasteiger charge is -2.35. The molecule has 144 valence electrons. The molecule has 0 atom stereocenters. The maximum atomic E-state index is 5.79. The molecule has 1 aliphatic heterocycles. The lowest BCUT2D eigenvalue weighted by atomic mass is 10.8. The minimum Gasteiger partial charge on any atom is -0.379 e. The van der Waals surface area contributed by atoms with Gasteiger partial charge in [-0.1, -0.05) is 0 Å². The smallest absolute Gasteiger partial charge is 0.195 e. The zero-order valence-electron chi connectivity index (χ0n) is 14.7. The van der Waals surface area contributed by atoms with Crippen molar-refractivity contribution in [2.75, 3.05) is 59.5 Å². The van der Waals surface area contributed by atoms with E-state index in [-0.39, 0.29) is 0 Å². The molecule has 0 aromatic carbocycles. The van der Waals surface area contributed by atoms with E-state index in [1.165, 1.54) is 0 Å². The molecule has 1 heterocycles. The molecule has 24 heavy (non-hydrogen) atoms. The van der Waals surface area contributed by atoms with Crippen LogP contribution in [0.5, 0.6) is 0 Å². The van der Waals surface area contributed by atoms with Crippen molar-refractivity contribution in [1.82, 2.24) is 14.6 Å². The van der Waals surface area contributed by atoms with E-state index in [0.717, 1.165) is 0 Å². The maximum Gasteiger partial charge on any atom is 0.195 e. The van der Waals surface area contributed by atoms with Crippen LogP contribution in [0.3, 0.4) is 0 Å². The van der Waals surface area contributed by atoms with Crippen LogP contribution in [0.15, 0.2) is 0 Å². The Morgan fingerprint density at radius 1 is 0.500 bits per heavy atom. The first-order valence-corrected chi connectivity index (χ1v) is 11.9. The third-order valence-corrected chi connectivity index (χ3v) is 8.18. The Morgan fingerprint density at radius 2 is 0.792 bits per heavy atom. The molecule has 9 nitrogen and oxygen atoms in total. The Morgan fingerprint density at radius 3 is 1.04 bits per heavy atom. The van der Waals surface area contributed by atoms with Gasteiger partial charge in [0.25, 0.3) is 0 Å². The van der Waals surface area contributed by atoms with Crippen LogP contribution in [0.1, 0.15) is 20.8 Å². The first-order valence-electron chi connectivity index (χ1n) is 8.11. The molecule has 1 fully saturated rings. The summed E-state index contributed by atoms with van der Waals surface area (Å²) in [7, 11) is -3.10. The average molecular weight is 405 g/mol. The monoisotopic (exact) mass is 405 g/mol. The number of hydrogen-bond acceptors (Lipinski definition) is 9. The van der Waals surface area contributed by atoms with Crippen LogP contribution in [-0.2, 0) is 27.8 Å². The second kappa shape index (κ2) is 16.1. The zero-order valence-corrected chi connectivity index (χ0v) is 17.3. The predicted molar refractivity (Wildman–Crippen MR) is 97.5 cm³/mol. The Labute approximate surface area is 148 Å². The molecule has 1 aliphatic rings. The summed E-state index contributed by atoms with van der Waals surface area (Å²) in [5.41, 5.74) is 0. The summed E-state index contributed by atoms with van der Waals surface area (Å²) in [5.74, 6) is 0. The molecule has 3 N–H and O–H groups in total. The summed E-state index contributed by atoms with van der Waals surface area (Å²) >= 11 is 0. The molecule has 0 spiro atoms. The molecule has 1 saturated heterocycles. The lowest BCUT2D eigenvalue weighted by Crippen LogP contribution is -2.30. The van der Waals surface area contributed by atoms with Gasteiger partial charge in [0.1, 0.15) is 0 Å². The number of hydrogen-bond donors (Lipinski definition) is 3. The third-order valence-electron chi connectivity index (χ3n) is 2.50. The number of rotatable bonds is 15. The van der Waals surface area contributed by atoms with Crippen molar-refractivity contribution in [2.24, 2.45) is 0 Å². The van der Waals surface area contributed by atoms with Gasteiger partial charge in [-0.15, -0.1) is 0 Å². The van der Waals surface area contributed by atoms with Crippen molar-refractivity contribution in [2.45, 2.75) is 20.8 Å². The molecule has 0 saturated carbocycles. The van der Waals surface area contributed by atoms with Gasteiger partial charge in [-0.05, 0) is 20.8 Å². The van der Waals surface area contributed by atoms with Crippen molar-refractivity contribution >= 4 is 25.3 Å². The van der Waals surface area contributed by atoms with Crippen LogP contribution in [0.2, 0.25) is 0 Å². The molecule has 0 amide bonds. The van der Waals surface area contributed by atoms with Gasteiger partial charge in [0, 0.05) is 19.8 Å². The fourth-order valence-electron chi connectivity index (χ4n) is 1.48. The van der Waals surface area contributed by atoms with Gasteiger partial charge in [-0.25, -0.2) is 14.6 Å². The summed E-state index contributed by atoms with van der Waals surface area (Å²) in [5, 5.41) is 0. The van der Waals surface area contributed by atoms with E-state index < -0.39 is 25.3 Å². The van der Waals surface area contributed by atoms with Crippen molar-refractivity contribution in [1.29, 1.82) is 0 Å². The topological polar surface area (TPSA) is 91.5 Å². The molecule has 1 rings (SSSR count). The van der Waals surface area contributed by atoms with Crippen LogP contribution < -0.4 is 14.6 Å². The van der Waals surface area contributed by atoms with E-state index in [1.54, 1.807) is 0 Å². The highest BCUT2D eigenvalue weighted by atomic mass is 31.3. The summed E-state index contributed by atoms with van der Waals surface area (Å²) in [6.45, 7) is 11.2. The van der Waals surface area contributed by atoms with Gasteiger partial charge >= 0.3 is 0 Å². The predicted octanol–water partition coefficient (Wildman–Crippen LogP) is 2.61. The number of nitrogens with one attached hydrogen (secondary N) is 3. The van der Waals surface area contributed by atoms with E-state index in [4.69, 9.17) is 27.8 Å². The standard InChI is InChI=1S/C12H30N3O6P3/c1-4-16-7-10-19-22-13-23(20-11-8-17-5-2)15-24(14-22)21-12-9-18-6-3/h13-15H,4-12H2,1-3H3. The van der Waals surface area contributed by atoms with Crippen molar-refractivity contribution in [3.05, 3.63) is 0 Å². The summed E-state index contributed by atoms with van der Waals surface area (Å²) in [6, 6.07) is 0. The minimum atomic E-state index is -1.03. The van der Waals surface area contributed by atoms with E-state index in [9.17, 15) is 0 Å². The van der Waals surface area contributed by atoms with Crippen LogP contribution in [-0.4, -0.2) is 59.5 Å².